The average molecular weight is 611 g/mol. The number of amides is 2. The molecule has 16 heteroatoms. The molecule has 1 aromatic carbocycles. The van der Waals surface area contributed by atoms with Gasteiger partial charge in [-0.2, -0.15) is 23.5 Å². The second-order valence-corrected chi connectivity index (χ2v) is 10.3. The number of aliphatic hydroxyl groups excluding tert-OH is 1. The molecule has 44 heavy (non-hydrogen) atoms. The molecule has 1 aliphatic rings. The SMILES string of the molecule is Cc1cc(Nc2nccn3c(-c4cn(CC#N)nc4C(F)(F)F)cnc23)ccc1C(=O)NCCCNC(=O)C1CC(O)CN1. The van der Waals surface area contributed by atoms with E-state index in [1.54, 1.807) is 31.2 Å². The van der Waals surface area contributed by atoms with Gasteiger partial charge in [-0.05, 0) is 43.5 Å². The number of aromatic nitrogens is 5. The third kappa shape index (κ3) is 6.63. The number of rotatable bonds is 10. The molecule has 2 unspecified atom stereocenters. The highest BCUT2D eigenvalue weighted by Crippen LogP contribution is 2.37. The minimum absolute atomic E-state index is 0.124. The number of imidazole rings is 1. The first-order chi connectivity index (χ1) is 21.0. The Morgan fingerprint density at radius 2 is 2.02 bits per heavy atom. The molecule has 230 valence electrons. The van der Waals surface area contributed by atoms with E-state index in [1.165, 1.54) is 23.0 Å². The van der Waals surface area contributed by atoms with Gasteiger partial charge in [0.05, 0.1) is 35.7 Å². The second kappa shape index (κ2) is 12.7. The van der Waals surface area contributed by atoms with E-state index in [0.29, 0.717) is 49.3 Å². The first-order valence-corrected chi connectivity index (χ1v) is 13.7. The van der Waals surface area contributed by atoms with Gasteiger partial charge >= 0.3 is 6.18 Å². The van der Waals surface area contributed by atoms with E-state index in [9.17, 15) is 27.9 Å². The molecule has 0 spiro atoms. The second-order valence-electron chi connectivity index (χ2n) is 10.3. The van der Waals surface area contributed by atoms with E-state index in [1.807, 2.05) is 0 Å². The van der Waals surface area contributed by atoms with Crippen LogP contribution in [0.2, 0.25) is 0 Å². The topological polar surface area (TPSA) is 174 Å². The van der Waals surface area contributed by atoms with Crippen LogP contribution in [0.3, 0.4) is 0 Å². The molecule has 1 fully saturated rings. The average Bonchev–Trinajstić information content (AvgIpc) is 3.71. The molecular formula is C28H29F3N10O3. The number of fused-ring (bicyclic) bond motifs is 1. The van der Waals surface area contributed by atoms with Gasteiger partial charge < -0.3 is 26.4 Å². The molecule has 13 nitrogen and oxygen atoms in total. The van der Waals surface area contributed by atoms with Crippen molar-refractivity contribution in [3.05, 3.63) is 59.8 Å². The van der Waals surface area contributed by atoms with Crippen LogP contribution in [-0.4, -0.2) is 72.9 Å². The highest BCUT2D eigenvalue weighted by Gasteiger charge is 2.38. The number of carbonyl (C=O) groups is 2. The number of nitrogens with one attached hydrogen (secondary N) is 4. The number of nitrogens with zero attached hydrogens (tertiary/aromatic N) is 6. The standard InChI is InChI=1S/C28H29F3N10O3/c1-16-11-17(3-4-19(16)26(43)34-6-2-7-35-27(44)21-12-18(42)13-36-21)38-24-25-37-14-22(41(25)10-8-33-24)20-15-40(9-5-32)39-23(20)28(29,30)31/h3-4,8,10-11,14-15,18,21,36,42H,2,6-7,9,12-13H2,1H3,(H,33,38)(H,34,43)(H,35,44). The Balaban J connectivity index is 1.23. The van der Waals surface area contributed by atoms with Crippen molar-refractivity contribution in [3.8, 4) is 17.3 Å². The van der Waals surface area contributed by atoms with Crippen LogP contribution < -0.4 is 21.3 Å². The number of aryl methyl sites for hydroxylation is 1. The van der Waals surface area contributed by atoms with Gasteiger partial charge in [0.25, 0.3) is 5.91 Å². The Kier molecular flexibility index (Phi) is 8.78. The number of β-amino-alcohol motifs (C(OH)–C–C–N with tert-alkyl or cyclic N) is 1. The van der Waals surface area contributed by atoms with E-state index in [2.05, 4.69) is 36.3 Å². The summed E-state index contributed by atoms with van der Waals surface area (Å²) in [4.78, 5) is 33.4. The lowest BCUT2D eigenvalue weighted by atomic mass is 10.1. The third-order valence-corrected chi connectivity index (χ3v) is 7.06. The number of carbonyl (C=O) groups excluding carboxylic acids is 2. The van der Waals surface area contributed by atoms with Crippen LogP contribution in [-0.2, 0) is 17.5 Å². The molecule has 2 atom stereocenters. The molecule has 0 aliphatic carbocycles. The van der Waals surface area contributed by atoms with E-state index in [4.69, 9.17) is 5.26 Å². The van der Waals surface area contributed by atoms with Gasteiger partial charge in [-0.15, -0.1) is 0 Å². The summed E-state index contributed by atoms with van der Waals surface area (Å²) < 4.78 is 43.5. The van der Waals surface area contributed by atoms with E-state index in [-0.39, 0.29) is 41.1 Å². The number of nitriles is 1. The summed E-state index contributed by atoms with van der Waals surface area (Å²) in [5.74, 6) is -0.185. The normalized spacial score (nSPS) is 16.5. The zero-order valence-electron chi connectivity index (χ0n) is 23.5. The lowest BCUT2D eigenvalue weighted by Crippen LogP contribution is -2.41. The Labute approximate surface area is 249 Å². The van der Waals surface area contributed by atoms with Crippen LogP contribution in [0.15, 0.2) is 43.0 Å². The minimum Gasteiger partial charge on any atom is -0.392 e. The van der Waals surface area contributed by atoms with Crippen LogP contribution in [0.1, 0.15) is 34.5 Å². The zero-order valence-corrected chi connectivity index (χ0v) is 23.5. The summed E-state index contributed by atoms with van der Waals surface area (Å²) in [5.41, 5.74) is 0.729. The third-order valence-electron chi connectivity index (χ3n) is 7.06. The van der Waals surface area contributed by atoms with Crippen molar-refractivity contribution in [2.24, 2.45) is 0 Å². The number of aliphatic hydroxyl groups is 1. The van der Waals surface area contributed by atoms with Crippen LogP contribution in [0.4, 0.5) is 24.7 Å². The van der Waals surface area contributed by atoms with Gasteiger partial charge in [0, 0.05) is 49.5 Å². The Hall–Kier alpha value is -5.01. The highest BCUT2D eigenvalue weighted by atomic mass is 19.4. The van der Waals surface area contributed by atoms with Crippen LogP contribution >= 0.6 is 0 Å². The fourth-order valence-corrected chi connectivity index (χ4v) is 4.95. The molecule has 5 rings (SSSR count). The first kappa shape index (κ1) is 30.4. The molecule has 0 bridgehead atoms. The number of hydrogen-bond acceptors (Lipinski definition) is 9. The van der Waals surface area contributed by atoms with Gasteiger partial charge in [-0.3, -0.25) is 18.7 Å². The van der Waals surface area contributed by atoms with Crippen LogP contribution in [0, 0.1) is 18.3 Å². The predicted molar refractivity (Wildman–Crippen MR) is 152 cm³/mol. The molecule has 5 N–H and O–H groups in total. The number of anilines is 2. The smallest absolute Gasteiger partial charge is 0.392 e. The van der Waals surface area contributed by atoms with Gasteiger partial charge in [-0.25, -0.2) is 9.97 Å². The summed E-state index contributed by atoms with van der Waals surface area (Å²) in [6.07, 6.45) is 0.970. The van der Waals surface area contributed by atoms with Gasteiger partial charge in [0.15, 0.2) is 17.2 Å². The molecule has 0 saturated carbocycles. The quantitative estimate of drug-likeness (QED) is 0.169. The lowest BCUT2D eigenvalue weighted by Gasteiger charge is -2.13. The number of hydrogen-bond donors (Lipinski definition) is 5. The molecule has 0 radical (unpaired) electrons. The largest absolute Gasteiger partial charge is 0.435 e. The monoisotopic (exact) mass is 610 g/mol. The highest BCUT2D eigenvalue weighted by molar-refractivity contribution is 5.96. The maximum absolute atomic E-state index is 13.7. The Morgan fingerprint density at radius 3 is 2.73 bits per heavy atom. The fraction of sp³-hybridized carbons (Fsp3) is 0.357. The summed E-state index contributed by atoms with van der Waals surface area (Å²) in [7, 11) is 0. The van der Waals surface area contributed by atoms with Crippen molar-refractivity contribution in [2.75, 3.05) is 25.0 Å². The molecule has 1 saturated heterocycles. The van der Waals surface area contributed by atoms with Crippen molar-refractivity contribution in [1.82, 2.24) is 40.1 Å². The summed E-state index contributed by atoms with van der Waals surface area (Å²) in [6, 6.07) is 6.43. The van der Waals surface area contributed by atoms with Gasteiger partial charge in [0.1, 0.15) is 6.54 Å². The summed E-state index contributed by atoms with van der Waals surface area (Å²) in [5, 5.41) is 33.7. The molecular weight excluding hydrogens is 581 g/mol. The number of alkyl halides is 3. The van der Waals surface area contributed by atoms with Crippen molar-refractivity contribution < 1.29 is 27.9 Å². The molecule has 1 aliphatic heterocycles. The predicted octanol–water partition coefficient (Wildman–Crippen LogP) is 2.15. The summed E-state index contributed by atoms with van der Waals surface area (Å²) in [6.45, 7) is 2.54. The molecule has 4 heterocycles. The lowest BCUT2D eigenvalue weighted by molar-refractivity contribution is -0.141. The Morgan fingerprint density at radius 1 is 1.23 bits per heavy atom. The molecule has 2 amide bonds. The van der Waals surface area contributed by atoms with Gasteiger partial charge in [-0.1, -0.05) is 0 Å². The van der Waals surface area contributed by atoms with Crippen LogP contribution in [0.25, 0.3) is 16.9 Å². The number of benzene rings is 1. The van der Waals surface area contributed by atoms with Crippen LogP contribution in [0.5, 0.6) is 0 Å². The maximum atomic E-state index is 13.7. The minimum atomic E-state index is -4.74. The Bertz CT molecular complexity index is 1730. The van der Waals surface area contributed by atoms with Crippen molar-refractivity contribution in [2.45, 2.75) is 44.6 Å². The number of halogens is 3. The zero-order chi connectivity index (χ0) is 31.4. The van der Waals surface area contributed by atoms with E-state index < -0.39 is 24.0 Å². The molecule has 4 aromatic rings. The fourth-order valence-electron chi connectivity index (χ4n) is 4.95. The van der Waals surface area contributed by atoms with E-state index in [0.717, 1.165) is 10.9 Å². The molecule has 3 aromatic heterocycles. The summed E-state index contributed by atoms with van der Waals surface area (Å²) >= 11 is 0. The maximum Gasteiger partial charge on any atom is 0.435 e. The van der Waals surface area contributed by atoms with E-state index >= 15 is 0 Å². The van der Waals surface area contributed by atoms with Crippen molar-refractivity contribution in [3.63, 3.8) is 0 Å². The van der Waals surface area contributed by atoms with Crippen molar-refractivity contribution >= 4 is 29.0 Å². The van der Waals surface area contributed by atoms with Gasteiger partial charge in [0.2, 0.25) is 5.91 Å². The van der Waals surface area contributed by atoms with Crippen molar-refractivity contribution in [1.29, 1.82) is 5.26 Å². The first-order valence-electron chi connectivity index (χ1n) is 13.7.